The summed E-state index contributed by atoms with van der Waals surface area (Å²) in [6, 6.07) is 2.96. The van der Waals surface area contributed by atoms with Gasteiger partial charge in [0.2, 0.25) is 0 Å². The predicted molar refractivity (Wildman–Crippen MR) is 71.0 cm³/mol. The van der Waals surface area contributed by atoms with Gasteiger partial charge in [0.05, 0.1) is 5.02 Å². The molecule has 0 bridgehead atoms. The molecule has 1 aliphatic rings. The van der Waals surface area contributed by atoms with Crippen LogP contribution < -0.4 is 5.32 Å². The second kappa shape index (κ2) is 6.09. The topological polar surface area (TPSA) is 69.6 Å². The maximum atomic E-state index is 13.0. The Morgan fingerprint density at radius 2 is 2.25 bits per heavy atom. The van der Waals surface area contributed by atoms with Crippen molar-refractivity contribution in [3.63, 3.8) is 0 Å². The van der Waals surface area contributed by atoms with E-state index in [9.17, 15) is 14.0 Å². The number of carboxylic acid groups (broad SMARTS) is 1. The van der Waals surface area contributed by atoms with Crippen molar-refractivity contribution in [3.05, 3.63) is 34.6 Å². The molecule has 0 aliphatic carbocycles. The number of hydrogen-bond donors (Lipinski definition) is 2. The lowest BCUT2D eigenvalue weighted by atomic mass is 10.2. The van der Waals surface area contributed by atoms with Gasteiger partial charge in [-0.3, -0.25) is 0 Å². The van der Waals surface area contributed by atoms with Gasteiger partial charge in [-0.15, -0.1) is 0 Å². The third kappa shape index (κ3) is 3.19. The average molecular weight is 301 g/mol. The van der Waals surface area contributed by atoms with Gasteiger partial charge in [0, 0.05) is 13.1 Å². The molecule has 1 aromatic carbocycles. The third-order valence-electron chi connectivity index (χ3n) is 3.23. The minimum atomic E-state index is -0.998. The minimum absolute atomic E-state index is 0.0127. The first kappa shape index (κ1) is 14.6. The van der Waals surface area contributed by atoms with Crippen molar-refractivity contribution in [1.82, 2.24) is 10.2 Å². The van der Waals surface area contributed by atoms with E-state index in [2.05, 4.69) is 5.32 Å². The molecule has 0 spiro atoms. The number of urea groups is 1. The molecule has 0 aromatic heterocycles. The van der Waals surface area contributed by atoms with Crippen molar-refractivity contribution in [2.45, 2.75) is 25.4 Å². The van der Waals surface area contributed by atoms with E-state index < -0.39 is 23.9 Å². The van der Waals surface area contributed by atoms with Gasteiger partial charge in [0.15, 0.2) is 0 Å². The van der Waals surface area contributed by atoms with E-state index in [1.54, 1.807) is 0 Å². The van der Waals surface area contributed by atoms with Gasteiger partial charge in [0.25, 0.3) is 0 Å². The molecular weight excluding hydrogens is 287 g/mol. The fourth-order valence-corrected chi connectivity index (χ4v) is 2.40. The van der Waals surface area contributed by atoms with E-state index in [1.807, 2.05) is 0 Å². The quantitative estimate of drug-likeness (QED) is 0.899. The van der Waals surface area contributed by atoms with Crippen molar-refractivity contribution >= 4 is 23.6 Å². The lowest BCUT2D eigenvalue weighted by Gasteiger charge is -2.21. The first-order valence-electron chi connectivity index (χ1n) is 6.20. The Morgan fingerprint density at radius 3 is 2.90 bits per heavy atom. The molecule has 1 aliphatic heterocycles. The Kier molecular flexibility index (Phi) is 4.44. The Balaban J connectivity index is 1.94. The molecule has 5 nitrogen and oxygen atoms in total. The molecule has 2 rings (SSSR count). The number of amides is 2. The normalized spacial score (nSPS) is 18.1. The van der Waals surface area contributed by atoms with Crippen molar-refractivity contribution < 1.29 is 19.1 Å². The SMILES string of the molecule is O=C(O)[C@H]1CCCN1C(=O)NCc1ccc(F)c(Cl)c1. The molecular formula is C13H14ClFN2O3. The van der Waals surface area contributed by atoms with Gasteiger partial charge in [-0.2, -0.15) is 0 Å². The van der Waals surface area contributed by atoms with Crippen LogP contribution in [-0.2, 0) is 11.3 Å². The number of carboxylic acids is 1. The number of aliphatic carboxylic acids is 1. The van der Waals surface area contributed by atoms with Crippen LogP contribution in [0.1, 0.15) is 18.4 Å². The predicted octanol–water partition coefficient (Wildman–Crippen LogP) is 2.24. The van der Waals surface area contributed by atoms with Crippen LogP contribution in [0.3, 0.4) is 0 Å². The van der Waals surface area contributed by atoms with Gasteiger partial charge < -0.3 is 15.3 Å². The molecule has 108 valence electrons. The number of carbonyl (C=O) groups is 2. The summed E-state index contributed by atoms with van der Waals surface area (Å²) in [4.78, 5) is 24.2. The first-order valence-corrected chi connectivity index (χ1v) is 6.58. The van der Waals surface area contributed by atoms with Crippen molar-refractivity contribution in [3.8, 4) is 0 Å². The maximum Gasteiger partial charge on any atom is 0.326 e. The number of likely N-dealkylation sites (tertiary alicyclic amines) is 1. The summed E-state index contributed by atoms with van der Waals surface area (Å²) in [5.74, 6) is -1.52. The highest BCUT2D eigenvalue weighted by Gasteiger charge is 2.33. The highest BCUT2D eigenvalue weighted by molar-refractivity contribution is 6.30. The highest BCUT2D eigenvalue weighted by atomic mass is 35.5. The number of hydrogen-bond acceptors (Lipinski definition) is 2. The van der Waals surface area contributed by atoms with Crippen molar-refractivity contribution in [2.24, 2.45) is 0 Å². The van der Waals surface area contributed by atoms with E-state index in [1.165, 1.54) is 23.1 Å². The van der Waals surface area contributed by atoms with Crippen molar-refractivity contribution in [2.75, 3.05) is 6.54 Å². The number of nitrogens with zero attached hydrogens (tertiary/aromatic N) is 1. The summed E-state index contributed by atoms with van der Waals surface area (Å²) in [6.45, 7) is 0.592. The smallest absolute Gasteiger partial charge is 0.326 e. The number of halogens is 2. The van der Waals surface area contributed by atoms with Gasteiger partial charge >= 0.3 is 12.0 Å². The summed E-state index contributed by atoms with van der Waals surface area (Å²) in [6.07, 6.45) is 1.14. The van der Waals surface area contributed by atoms with Gasteiger partial charge in [-0.25, -0.2) is 14.0 Å². The zero-order valence-electron chi connectivity index (χ0n) is 10.6. The summed E-state index contributed by atoms with van der Waals surface area (Å²) in [5, 5.41) is 11.6. The molecule has 1 aromatic rings. The molecule has 1 saturated heterocycles. The van der Waals surface area contributed by atoms with Crippen molar-refractivity contribution in [1.29, 1.82) is 0 Å². The van der Waals surface area contributed by atoms with Crippen LogP contribution in [0.4, 0.5) is 9.18 Å². The van der Waals surface area contributed by atoms with Crippen LogP contribution in [0.2, 0.25) is 5.02 Å². The molecule has 2 amide bonds. The number of carbonyl (C=O) groups excluding carboxylic acids is 1. The molecule has 0 radical (unpaired) electrons. The van der Waals surface area contributed by atoms with Crippen LogP contribution in [0.25, 0.3) is 0 Å². The van der Waals surface area contributed by atoms with Crippen LogP contribution in [0.5, 0.6) is 0 Å². The average Bonchev–Trinajstić information content (AvgIpc) is 2.89. The fraction of sp³-hybridized carbons (Fsp3) is 0.385. The highest BCUT2D eigenvalue weighted by Crippen LogP contribution is 2.18. The molecule has 0 unspecified atom stereocenters. The fourth-order valence-electron chi connectivity index (χ4n) is 2.20. The molecule has 0 saturated carbocycles. The first-order chi connectivity index (χ1) is 9.49. The largest absolute Gasteiger partial charge is 0.480 e. The summed E-state index contributed by atoms with van der Waals surface area (Å²) < 4.78 is 13.0. The van der Waals surface area contributed by atoms with E-state index in [0.29, 0.717) is 24.9 Å². The Bertz CT molecular complexity index is 538. The third-order valence-corrected chi connectivity index (χ3v) is 3.52. The summed E-state index contributed by atoms with van der Waals surface area (Å²) in [7, 11) is 0. The van der Waals surface area contributed by atoms with Gasteiger partial charge in [-0.05, 0) is 30.5 Å². The molecule has 20 heavy (non-hydrogen) atoms. The van der Waals surface area contributed by atoms with E-state index in [-0.39, 0.29) is 11.6 Å². The Hall–Kier alpha value is -1.82. The van der Waals surface area contributed by atoms with Crippen LogP contribution in [-0.4, -0.2) is 34.6 Å². The van der Waals surface area contributed by atoms with Gasteiger partial charge in [-0.1, -0.05) is 17.7 Å². The monoisotopic (exact) mass is 300 g/mol. The zero-order valence-corrected chi connectivity index (χ0v) is 11.4. The van der Waals surface area contributed by atoms with Crippen LogP contribution in [0.15, 0.2) is 18.2 Å². The standard InChI is InChI=1S/C13H14ClFN2O3/c14-9-6-8(3-4-10(9)15)7-16-13(20)17-5-1-2-11(17)12(18)19/h3-4,6,11H,1-2,5,7H2,(H,16,20)(H,18,19)/t11-/m1/s1. The van der Waals surface area contributed by atoms with Crippen LogP contribution in [0, 0.1) is 5.82 Å². The van der Waals surface area contributed by atoms with E-state index in [4.69, 9.17) is 16.7 Å². The lowest BCUT2D eigenvalue weighted by molar-refractivity contribution is -0.141. The maximum absolute atomic E-state index is 13.0. The molecule has 1 heterocycles. The van der Waals surface area contributed by atoms with Gasteiger partial charge in [0.1, 0.15) is 11.9 Å². The zero-order chi connectivity index (χ0) is 14.7. The summed E-state index contributed by atoms with van der Waals surface area (Å²) in [5.41, 5.74) is 0.649. The van der Waals surface area contributed by atoms with E-state index >= 15 is 0 Å². The number of nitrogens with one attached hydrogen (secondary N) is 1. The number of rotatable bonds is 3. The molecule has 1 atom stereocenters. The number of benzene rings is 1. The minimum Gasteiger partial charge on any atom is -0.480 e. The Labute approximate surface area is 120 Å². The second-order valence-electron chi connectivity index (χ2n) is 4.60. The molecule has 1 fully saturated rings. The second-order valence-corrected chi connectivity index (χ2v) is 5.00. The molecule has 7 heteroatoms. The molecule has 2 N–H and O–H groups in total. The summed E-state index contributed by atoms with van der Waals surface area (Å²) >= 11 is 5.65. The lowest BCUT2D eigenvalue weighted by Crippen LogP contribution is -2.45. The van der Waals surface area contributed by atoms with E-state index in [0.717, 1.165) is 0 Å². The van der Waals surface area contributed by atoms with Crippen LogP contribution >= 0.6 is 11.6 Å². The Morgan fingerprint density at radius 1 is 1.50 bits per heavy atom.